The van der Waals surface area contributed by atoms with Gasteiger partial charge in [-0.2, -0.15) is 0 Å². The van der Waals surface area contributed by atoms with Gasteiger partial charge in [0.25, 0.3) is 0 Å². The maximum Gasteiger partial charge on any atom is 0.0665 e. The fraction of sp³-hybridized carbons (Fsp3) is 0.667. The second kappa shape index (κ2) is 7.80. The van der Waals surface area contributed by atoms with Crippen LogP contribution in [0, 0.1) is 26.7 Å². The summed E-state index contributed by atoms with van der Waals surface area (Å²) in [5, 5.41) is 3.57. The first-order valence-electron chi connectivity index (χ1n) is 7.79. The van der Waals surface area contributed by atoms with Gasteiger partial charge in [0.1, 0.15) is 0 Å². The maximum absolute atomic E-state index is 6.05. The first-order valence-corrected chi connectivity index (χ1v) is 7.79. The summed E-state index contributed by atoms with van der Waals surface area (Å²) in [6, 6.07) is 4.80. The van der Waals surface area contributed by atoms with Gasteiger partial charge in [-0.15, -0.1) is 0 Å². The van der Waals surface area contributed by atoms with E-state index < -0.39 is 0 Å². The molecule has 1 aromatic rings. The lowest BCUT2D eigenvalue weighted by Gasteiger charge is -2.26. The first-order chi connectivity index (χ1) is 9.36. The van der Waals surface area contributed by atoms with Gasteiger partial charge in [0.2, 0.25) is 0 Å². The summed E-state index contributed by atoms with van der Waals surface area (Å²) in [5.74, 6) is 0.553. The van der Waals surface area contributed by atoms with Crippen LogP contribution in [0.3, 0.4) is 0 Å². The second-order valence-electron chi connectivity index (χ2n) is 6.21. The molecule has 1 N–H and O–H groups in total. The Balaban J connectivity index is 2.91. The lowest BCUT2D eigenvalue weighted by atomic mass is 9.94. The zero-order valence-corrected chi connectivity index (χ0v) is 14.2. The summed E-state index contributed by atoms with van der Waals surface area (Å²) in [6.45, 7) is 17.0. The average Bonchev–Trinajstić information content (AvgIpc) is 2.33. The Morgan fingerprint density at radius 2 is 1.60 bits per heavy atom. The number of likely N-dealkylation sites (N-methyl/N-ethyl adjacent to an activating group) is 1. The van der Waals surface area contributed by atoms with Crippen LogP contribution in [0.4, 0.5) is 0 Å². The number of aryl methyl sites for hydroxylation is 3. The minimum Gasteiger partial charge on any atom is -0.376 e. The van der Waals surface area contributed by atoms with Crippen molar-refractivity contribution in [2.45, 2.75) is 60.6 Å². The topological polar surface area (TPSA) is 21.3 Å². The molecule has 0 bridgehead atoms. The highest BCUT2D eigenvalue weighted by Gasteiger charge is 2.18. The standard InChI is InChI=1S/C18H31NO/c1-8-19-17(11-20-16(7)12(2)3)18-14(5)9-13(4)10-15(18)6/h9-10,12,16-17,19H,8,11H2,1-7H3. The summed E-state index contributed by atoms with van der Waals surface area (Å²) in [7, 11) is 0. The van der Waals surface area contributed by atoms with Crippen LogP contribution >= 0.6 is 0 Å². The van der Waals surface area contributed by atoms with Crippen molar-refractivity contribution >= 4 is 0 Å². The Labute approximate surface area is 124 Å². The van der Waals surface area contributed by atoms with Crippen LogP contribution in [0.25, 0.3) is 0 Å². The SMILES string of the molecule is CCNC(COC(C)C(C)C)c1c(C)cc(C)cc1C. The van der Waals surface area contributed by atoms with Crippen molar-refractivity contribution in [2.75, 3.05) is 13.2 Å². The van der Waals surface area contributed by atoms with E-state index in [0.29, 0.717) is 12.0 Å². The molecule has 0 aliphatic carbocycles. The van der Waals surface area contributed by atoms with Gasteiger partial charge in [-0.25, -0.2) is 0 Å². The Morgan fingerprint density at radius 1 is 1.05 bits per heavy atom. The van der Waals surface area contributed by atoms with Crippen LogP contribution in [0.5, 0.6) is 0 Å². The van der Waals surface area contributed by atoms with Gasteiger partial charge in [-0.05, 0) is 56.8 Å². The summed E-state index contributed by atoms with van der Waals surface area (Å²) < 4.78 is 6.05. The number of hydrogen-bond donors (Lipinski definition) is 1. The van der Waals surface area contributed by atoms with Gasteiger partial charge < -0.3 is 10.1 Å². The van der Waals surface area contributed by atoms with Crippen molar-refractivity contribution in [3.8, 4) is 0 Å². The molecule has 0 saturated carbocycles. The lowest BCUT2D eigenvalue weighted by Crippen LogP contribution is -2.29. The van der Waals surface area contributed by atoms with Crippen molar-refractivity contribution in [3.05, 3.63) is 34.4 Å². The Kier molecular flexibility index (Phi) is 6.70. The summed E-state index contributed by atoms with van der Waals surface area (Å²) in [4.78, 5) is 0. The third kappa shape index (κ3) is 4.60. The van der Waals surface area contributed by atoms with E-state index >= 15 is 0 Å². The van der Waals surface area contributed by atoms with Gasteiger partial charge >= 0.3 is 0 Å². The van der Waals surface area contributed by atoms with Gasteiger partial charge in [0.05, 0.1) is 18.8 Å². The summed E-state index contributed by atoms with van der Waals surface area (Å²) in [6.07, 6.45) is 0.294. The zero-order valence-electron chi connectivity index (χ0n) is 14.2. The maximum atomic E-state index is 6.05. The fourth-order valence-corrected chi connectivity index (χ4v) is 2.67. The lowest BCUT2D eigenvalue weighted by molar-refractivity contribution is 0.0218. The fourth-order valence-electron chi connectivity index (χ4n) is 2.67. The Morgan fingerprint density at radius 3 is 2.05 bits per heavy atom. The Hall–Kier alpha value is -0.860. The Bertz CT molecular complexity index is 402. The molecule has 1 rings (SSSR count). The van der Waals surface area contributed by atoms with Crippen molar-refractivity contribution in [1.82, 2.24) is 5.32 Å². The van der Waals surface area contributed by atoms with Crippen LogP contribution in [0.15, 0.2) is 12.1 Å². The molecule has 114 valence electrons. The highest BCUT2D eigenvalue weighted by atomic mass is 16.5. The smallest absolute Gasteiger partial charge is 0.0665 e. The number of rotatable bonds is 7. The molecule has 0 heterocycles. The predicted molar refractivity (Wildman–Crippen MR) is 87.3 cm³/mol. The number of nitrogens with one attached hydrogen (secondary N) is 1. The molecule has 0 aliphatic heterocycles. The van der Waals surface area contributed by atoms with Crippen molar-refractivity contribution < 1.29 is 4.74 Å². The molecule has 0 saturated heterocycles. The highest BCUT2D eigenvalue weighted by molar-refractivity contribution is 5.39. The highest BCUT2D eigenvalue weighted by Crippen LogP contribution is 2.24. The molecule has 2 unspecified atom stereocenters. The minimum absolute atomic E-state index is 0.279. The molecule has 2 nitrogen and oxygen atoms in total. The molecule has 2 atom stereocenters. The second-order valence-corrected chi connectivity index (χ2v) is 6.21. The van der Waals surface area contributed by atoms with E-state index in [-0.39, 0.29) is 6.04 Å². The van der Waals surface area contributed by atoms with E-state index in [4.69, 9.17) is 4.74 Å². The molecule has 1 aromatic carbocycles. The zero-order chi connectivity index (χ0) is 15.3. The number of ether oxygens (including phenoxy) is 1. The van der Waals surface area contributed by atoms with Crippen LogP contribution in [0.1, 0.15) is 56.0 Å². The quantitative estimate of drug-likeness (QED) is 0.801. The van der Waals surface area contributed by atoms with Crippen molar-refractivity contribution in [3.63, 3.8) is 0 Å². The van der Waals surface area contributed by atoms with E-state index in [1.54, 1.807) is 0 Å². The normalized spacial score (nSPS) is 14.6. The molecule has 20 heavy (non-hydrogen) atoms. The van der Waals surface area contributed by atoms with Crippen LogP contribution in [-0.4, -0.2) is 19.3 Å². The van der Waals surface area contributed by atoms with Gasteiger partial charge in [-0.1, -0.05) is 38.5 Å². The molecule has 0 spiro atoms. The van der Waals surface area contributed by atoms with Gasteiger partial charge in [-0.3, -0.25) is 0 Å². The largest absolute Gasteiger partial charge is 0.376 e. The van der Waals surface area contributed by atoms with Crippen LogP contribution < -0.4 is 5.32 Å². The van der Waals surface area contributed by atoms with Crippen LogP contribution in [0.2, 0.25) is 0 Å². The summed E-state index contributed by atoms with van der Waals surface area (Å²) >= 11 is 0. The first kappa shape index (κ1) is 17.2. The molecule has 0 radical (unpaired) electrons. The molecular formula is C18H31NO. The average molecular weight is 277 g/mol. The molecule has 2 heteroatoms. The van der Waals surface area contributed by atoms with E-state index in [1.165, 1.54) is 22.3 Å². The van der Waals surface area contributed by atoms with E-state index in [1.807, 2.05) is 0 Å². The van der Waals surface area contributed by atoms with E-state index in [0.717, 1.165) is 13.2 Å². The predicted octanol–water partition coefficient (Wildman–Crippen LogP) is 4.32. The minimum atomic E-state index is 0.279. The molecular weight excluding hydrogens is 246 g/mol. The van der Waals surface area contributed by atoms with Crippen molar-refractivity contribution in [2.24, 2.45) is 5.92 Å². The van der Waals surface area contributed by atoms with Crippen molar-refractivity contribution in [1.29, 1.82) is 0 Å². The molecule has 0 aliphatic rings. The van der Waals surface area contributed by atoms with Crippen LogP contribution in [-0.2, 0) is 4.74 Å². The van der Waals surface area contributed by atoms with Gasteiger partial charge in [0, 0.05) is 0 Å². The third-order valence-corrected chi connectivity index (χ3v) is 4.00. The molecule has 0 amide bonds. The third-order valence-electron chi connectivity index (χ3n) is 4.00. The van der Waals surface area contributed by atoms with E-state index in [9.17, 15) is 0 Å². The summed E-state index contributed by atoms with van der Waals surface area (Å²) in [5.41, 5.74) is 5.44. The molecule has 0 fully saturated rings. The number of hydrogen-bond acceptors (Lipinski definition) is 2. The van der Waals surface area contributed by atoms with Gasteiger partial charge in [0.15, 0.2) is 0 Å². The monoisotopic (exact) mass is 277 g/mol. The molecule has 0 aromatic heterocycles. The van der Waals surface area contributed by atoms with E-state index in [2.05, 4.69) is 65.9 Å². The number of benzene rings is 1.